The van der Waals surface area contributed by atoms with Crippen LogP contribution in [0.1, 0.15) is 16.7 Å². The molecule has 0 heterocycles. The zero-order valence-corrected chi connectivity index (χ0v) is 34.7. The van der Waals surface area contributed by atoms with Crippen molar-refractivity contribution in [2.75, 3.05) is 132 Å². The molecule has 0 aliphatic rings. The van der Waals surface area contributed by atoms with Crippen molar-refractivity contribution in [1.29, 1.82) is 0 Å². The Morgan fingerprint density at radius 2 is 0.542 bits per heavy atom. The van der Waals surface area contributed by atoms with Crippen molar-refractivity contribution in [1.82, 2.24) is 0 Å². The van der Waals surface area contributed by atoms with E-state index < -0.39 is 15.7 Å². The molecule has 0 amide bonds. The Bertz CT molecular complexity index is 1590. The van der Waals surface area contributed by atoms with Crippen LogP contribution >= 0.6 is 0 Å². The average molecular weight is 841 g/mol. The molecule has 0 saturated heterocycles. The van der Waals surface area contributed by atoms with Gasteiger partial charge >= 0.3 is 0 Å². The Kier molecular flexibility index (Phi) is 24.8. The van der Waals surface area contributed by atoms with E-state index >= 15 is 0 Å². The van der Waals surface area contributed by atoms with E-state index in [1.165, 1.54) is 12.1 Å². The van der Waals surface area contributed by atoms with Crippen LogP contribution < -0.4 is 0 Å². The normalized spacial score (nSPS) is 11.9. The molecule has 0 N–H and O–H groups in total. The van der Waals surface area contributed by atoms with Crippen LogP contribution in [-0.2, 0) is 67.3 Å². The standard InChI is InChI=1S/C45H60O13S/c46-59(47,44-19-11-4-12-20-44)58-40-38-56-36-34-54-32-30-52-28-26-50-24-22-48-21-23-49-25-27-51-29-31-53-33-35-55-37-39-57-45(41-13-5-1-6-14-41,42-15-7-2-8-16-42)43-17-9-3-10-18-43/h1-20H,21-40H2. The van der Waals surface area contributed by atoms with Gasteiger partial charge in [0.05, 0.1) is 137 Å². The van der Waals surface area contributed by atoms with Crippen LogP contribution in [0.4, 0.5) is 0 Å². The van der Waals surface area contributed by atoms with E-state index in [4.69, 9.17) is 51.6 Å². The zero-order valence-electron chi connectivity index (χ0n) is 33.9. The first-order valence-corrected chi connectivity index (χ1v) is 21.5. The number of ether oxygens (including phenoxy) is 10. The summed E-state index contributed by atoms with van der Waals surface area (Å²) in [4.78, 5) is 0.119. The molecular formula is C45H60O13S. The quantitative estimate of drug-likeness (QED) is 0.0322. The van der Waals surface area contributed by atoms with Gasteiger partial charge in [0.2, 0.25) is 0 Å². The molecule has 0 aliphatic carbocycles. The van der Waals surface area contributed by atoms with Crippen molar-refractivity contribution in [3.8, 4) is 0 Å². The second-order valence-corrected chi connectivity index (χ2v) is 14.3. The van der Waals surface area contributed by atoms with Gasteiger partial charge in [-0.25, -0.2) is 0 Å². The Labute approximate surface area is 349 Å². The SMILES string of the molecule is O=S(=O)(OCCOCCOCCOCCOCCOCCOCCOCCOCCOCCOC(c1ccccc1)(c1ccccc1)c1ccccc1)c1ccccc1. The van der Waals surface area contributed by atoms with E-state index in [0.29, 0.717) is 119 Å². The van der Waals surface area contributed by atoms with Crippen molar-refractivity contribution < 1.29 is 60.0 Å². The molecule has 0 aliphatic heterocycles. The second-order valence-electron chi connectivity index (χ2n) is 12.7. The van der Waals surface area contributed by atoms with Crippen molar-refractivity contribution in [2.45, 2.75) is 10.5 Å². The number of hydrogen-bond acceptors (Lipinski definition) is 13. The van der Waals surface area contributed by atoms with Gasteiger partial charge in [-0.1, -0.05) is 109 Å². The fraction of sp³-hybridized carbons (Fsp3) is 0.467. The lowest BCUT2D eigenvalue weighted by molar-refractivity contribution is -0.0399. The van der Waals surface area contributed by atoms with Gasteiger partial charge in [-0.3, -0.25) is 4.18 Å². The number of rotatable bonds is 36. The van der Waals surface area contributed by atoms with E-state index in [-0.39, 0.29) is 18.1 Å². The first-order valence-electron chi connectivity index (χ1n) is 20.1. The highest BCUT2D eigenvalue weighted by molar-refractivity contribution is 7.86. The molecule has 0 atom stereocenters. The maximum absolute atomic E-state index is 12.0. The average Bonchev–Trinajstić information content (AvgIpc) is 3.28. The van der Waals surface area contributed by atoms with Crippen molar-refractivity contribution >= 4 is 10.1 Å². The zero-order chi connectivity index (χ0) is 41.4. The largest absolute Gasteiger partial charge is 0.377 e. The minimum absolute atomic E-state index is 0.0623. The third-order valence-electron chi connectivity index (χ3n) is 8.56. The summed E-state index contributed by atoms with van der Waals surface area (Å²) in [5, 5.41) is 0. The molecule has 0 radical (unpaired) electrons. The van der Waals surface area contributed by atoms with Gasteiger partial charge in [0.15, 0.2) is 0 Å². The van der Waals surface area contributed by atoms with E-state index in [0.717, 1.165) is 16.7 Å². The molecule has 0 bridgehead atoms. The Balaban J connectivity index is 0.866. The van der Waals surface area contributed by atoms with Crippen LogP contribution in [0, 0.1) is 0 Å². The summed E-state index contributed by atoms with van der Waals surface area (Å²) in [5.41, 5.74) is 2.42. The van der Waals surface area contributed by atoms with E-state index in [2.05, 4.69) is 36.4 Å². The Morgan fingerprint density at radius 1 is 0.305 bits per heavy atom. The minimum Gasteiger partial charge on any atom is -0.377 e. The first-order chi connectivity index (χ1) is 29.1. The van der Waals surface area contributed by atoms with Gasteiger partial charge in [0.25, 0.3) is 10.1 Å². The lowest BCUT2D eigenvalue weighted by Crippen LogP contribution is -2.34. The van der Waals surface area contributed by atoms with Crippen LogP contribution in [0.25, 0.3) is 0 Å². The maximum Gasteiger partial charge on any atom is 0.297 e. The summed E-state index contributed by atoms with van der Waals surface area (Å²) in [6, 6.07) is 38.9. The van der Waals surface area contributed by atoms with Crippen molar-refractivity contribution in [3.63, 3.8) is 0 Å². The summed E-state index contributed by atoms with van der Waals surface area (Å²) >= 11 is 0. The molecule has 4 aromatic rings. The monoisotopic (exact) mass is 840 g/mol. The summed E-state index contributed by atoms with van der Waals surface area (Å²) in [6.45, 7) is 8.08. The molecule has 324 valence electrons. The van der Waals surface area contributed by atoms with Gasteiger partial charge in [0, 0.05) is 0 Å². The topological polar surface area (TPSA) is 136 Å². The molecule has 0 spiro atoms. The van der Waals surface area contributed by atoms with Crippen LogP contribution in [0.15, 0.2) is 126 Å². The fourth-order valence-corrected chi connectivity index (χ4v) is 6.66. The minimum atomic E-state index is -3.77. The van der Waals surface area contributed by atoms with Crippen LogP contribution in [0.2, 0.25) is 0 Å². The molecule has 0 aromatic heterocycles. The van der Waals surface area contributed by atoms with Gasteiger partial charge in [0.1, 0.15) is 5.60 Å². The third kappa shape index (κ3) is 19.1. The smallest absolute Gasteiger partial charge is 0.297 e. The maximum atomic E-state index is 12.0. The predicted molar refractivity (Wildman–Crippen MR) is 222 cm³/mol. The van der Waals surface area contributed by atoms with E-state index in [9.17, 15) is 8.42 Å². The number of benzene rings is 4. The summed E-state index contributed by atoms with van der Waals surface area (Å²) < 4.78 is 85.6. The molecule has 0 saturated carbocycles. The summed E-state index contributed by atoms with van der Waals surface area (Å²) in [7, 11) is -3.77. The molecule has 14 heteroatoms. The highest BCUT2D eigenvalue weighted by atomic mass is 32.2. The lowest BCUT2D eigenvalue weighted by atomic mass is 9.80. The molecule has 4 rings (SSSR count). The highest BCUT2D eigenvalue weighted by Gasteiger charge is 2.37. The molecule has 4 aromatic carbocycles. The van der Waals surface area contributed by atoms with Crippen LogP contribution in [0.5, 0.6) is 0 Å². The summed E-state index contributed by atoms with van der Waals surface area (Å²) in [6.07, 6.45) is 0. The van der Waals surface area contributed by atoms with Crippen LogP contribution in [-0.4, -0.2) is 141 Å². The molecule has 59 heavy (non-hydrogen) atoms. The van der Waals surface area contributed by atoms with E-state index in [1.54, 1.807) is 18.2 Å². The predicted octanol–water partition coefficient (Wildman–Crippen LogP) is 5.55. The molecular weight excluding hydrogens is 781 g/mol. The Morgan fingerprint density at radius 3 is 0.831 bits per heavy atom. The fourth-order valence-electron chi connectivity index (χ4n) is 5.74. The van der Waals surface area contributed by atoms with Gasteiger partial charge in [-0.2, -0.15) is 8.42 Å². The van der Waals surface area contributed by atoms with Gasteiger partial charge in [-0.05, 0) is 28.8 Å². The van der Waals surface area contributed by atoms with Gasteiger partial charge < -0.3 is 47.4 Å². The van der Waals surface area contributed by atoms with Crippen molar-refractivity contribution in [2.24, 2.45) is 0 Å². The lowest BCUT2D eigenvalue weighted by Gasteiger charge is -2.36. The second kappa shape index (κ2) is 30.4. The first kappa shape index (κ1) is 48.1. The molecule has 13 nitrogen and oxygen atoms in total. The van der Waals surface area contributed by atoms with E-state index in [1.807, 2.05) is 54.6 Å². The van der Waals surface area contributed by atoms with Crippen molar-refractivity contribution in [3.05, 3.63) is 138 Å². The Hall–Kier alpha value is -3.61. The molecule has 0 fully saturated rings. The van der Waals surface area contributed by atoms with Gasteiger partial charge in [-0.15, -0.1) is 0 Å². The summed E-state index contributed by atoms with van der Waals surface area (Å²) in [5.74, 6) is 0. The third-order valence-corrected chi connectivity index (χ3v) is 9.89. The van der Waals surface area contributed by atoms with Crippen LogP contribution in [0.3, 0.4) is 0 Å². The molecule has 0 unspecified atom stereocenters. The highest BCUT2D eigenvalue weighted by Crippen LogP contribution is 2.40. The number of hydrogen-bond donors (Lipinski definition) is 0.